The Labute approximate surface area is 78.7 Å². The van der Waals surface area contributed by atoms with E-state index in [-0.39, 0.29) is 11.6 Å². The summed E-state index contributed by atoms with van der Waals surface area (Å²) in [5.74, 6) is 0.106. The van der Waals surface area contributed by atoms with Crippen molar-refractivity contribution in [2.24, 2.45) is 5.92 Å². The quantitative estimate of drug-likeness (QED) is 0.493. The summed E-state index contributed by atoms with van der Waals surface area (Å²) in [5, 5.41) is 0. The van der Waals surface area contributed by atoms with E-state index in [1.165, 1.54) is 0 Å². The summed E-state index contributed by atoms with van der Waals surface area (Å²) < 4.78 is 10.4. The lowest BCUT2D eigenvalue weighted by molar-refractivity contribution is -0.213. The lowest BCUT2D eigenvalue weighted by atomic mass is 9.87. The molecule has 0 N–H and O–H groups in total. The molecule has 0 radical (unpaired) electrons. The van der Waals surface area contributed by atoms with Crippen LogP contribution in [0.2, 0.25) is 0 Å². The first-order valence-corrected chi connectivity index (χ1v) is 4.42. The Morgan fingerprint density at radius 3 is 2.69 bits per heavy atom. The van der Waals surface area contributed by atoms with Gasteiger partial charge in [0.05, 0.1) is 6.61 Å². The van der Waals surface area contributed by atoms with Gasteiger partial charge in [0.25, 0.3) is 0 Å². The monoisotopic (exact) mass is 184 g/mol. The van der Waals surface area contributed by atoms with Gasteiger partial charge in [-0.25, -0.2) is 4.79 Å². The standard InChI is InChI=1S/C10H16O3/c1-7(2)9(11)12-6-10(4)8(3)5-13-10/h8H,1,5-6H2,2-4H3. The van der Waals surface area contributed by atoms with Crippen LogP contribution in [0.5, 0.6) is 0 Å². The Morgan fingerprint density at radius 2 is 2.38 bits per heavy atom. The van der Waals surface area contributed by atoms with Crippen molar-refractivity contribution in [3.8, 4) is 0 Å². The minimum absolute atomic E-state index is 0.287. The molecule has 0 amide bonds. The highest BCUT2D eigenvalue weighted by Crippen LogP contribution is 2.32. The van der Waals surface area contributed by atoms with Crippen molar-refractivity contribution in [2.45, 2.75) is 26.4 Å². The predicted molar refractivity (Wildman–Crippen MR) is 49.3 cm³/mol. The van der Waals surface area contributed by atoms with Crippen molar-refractivity contribution in [3.05, 3.63) is 12.2 Å². The van der Waals surface area contributed by atoms with Crippen molar-refractivity contribution in [1.29, 1.82) is 0 Å². The van der Waals surface area contributed by atoms with Gasteiger partial charge < -0.3 is 9.47 Å². The molecule has 3 heteroatoms. The zero-order chi connectivity index (χ0) is 10.1. The van der Waals surface area contributed by atoms with Gasteiger partial charge in [0, 0.05) is 11.5 Å². The molecule has 1 aliphatic heterocycles. The third-order valence-electron chi connectivity index (χ3n) is 2.54. The van der Waals surface area contributed by atoms with Gasteiger partial charge in [0.1, 0.15) is 12.2 Å². The molecule has 0 aromatic carbocycles. The molecule has 0 aliphatic carbocycles. The fourth-order valence-corrected chi connectivity index (χ4v) is 1.05. The molecule has 2 unspecified atom stereocenters. The molecular formula is C10H16O3. The van der Waals surface area contributed by atoms with Gasteiger partial charge in [-0.15, -0.1) is 0 Å². The van der Waals surface area contributed by atoms with Gasteiger partial charge >= 0.3 is 5.97 Å². The molecule has 0 aromatic rings. The van der Waals surface area contributed by atoms with E-state index in [4.69, 9.17) is 9.47 Å². The molecule has 0 spiro atoms. The minimum Gasteiger partial charge on any atom is -0.459 e. The van der Waals surface area contributed by atoms with Crippen molar-refractivity contribution < 1.29 is 14.3 Å². The maximum absolute atomic E-state index is 11.1. The van der Waals surface area contributed by atoms with Gasteiger partial charge in [0.15, 0.2) is 0 Å². The first kappa shape index (κ1) is 10.3. The maximum Gasteiger partial charge on any atom is 0.333 e. The van der Waals surface area contributed by atoms with Crippen molar-refractivity contribution >= 4 is 5.97 Å². The Hall–Kier alpha value is -0.830. The van der Waals surface area contributed by atoms with E-state index >= 15 is 0 Å². The molecule has 3 nitrogen and oxygen atoms in total. The first-order chi connectivity index (χ1) is 5.96. The number of hydrogen-bond donors (Lipinski definition) is 0. The molecule has 74 valence electrons. The van der Waals surface area contributed by atoms with E-state index in [0.29, 0.717) is 18.1 Å². The van der Waals surface area contributed by atoms with Crippen molar-refractivity contribution in [1.82, 2.24) is 0 Å². The van der Waals surface area contributed by atoms with Crippen LogP contribution in [0.25, 0.3) is 0 Å². The van der Waals surface area contributed by atoms with Crippen LogP contribution < -0.4 is 0 Å². The summed E-state index contributed by atoms with van der Waals surface area (Å²) in [6.07, 6.45) is 0. The Balaban J connectivity index is 2.34. The average Bonchev–Trinajstić information content (AvgIpc) is 2.10. The van der Waals surface area contributed by atoms with Crippen LogP contribution in [0.3, 0.4) is 0 Å². The SMILES string of the molecule is C=C(C)C(=O)OCC1(C)OCC1C. The lowest BCUT2D eigenvalue weighted by Gasteiger charge is -2.44. The maximum atomic E-state index is 11.1. The second kappa shape index (κ2) is 3.50. The molecule has 0 saturated carbocycles. The first-order valence-electron chi connectivity index (χ1n) is 4.42. The van der Waals surface area contributed by atoms with Crippen LogP contribution in [0.15, 0.2) is 12.2 Å². The van der Waals surface area contributed by atoms with Crippen LogP contribution in [0, 0.1) is 5.92 Å². The van der Waals surface area contributed by atoms with Crippen LogP contribution in [0.1, 0.15) is 20.8 Å². The molecule has 2 atom stereocenters. The molecule has 1 fully saturated rings. The largest absolute Gasteiger partial charge is 0.459 e. The molecule has 0 bridgehead atoms. The Kier molecular flexibility index (Phi) is 2.76. The Bertz CT molecular complexity index is 234. The summed E-state index contributed by atoms with van der Waals surface area (Å²) in [6, 6.07) is 0. The average molecular weight is 184 g/mol. The van der Waals surface area contributed by atoms with Crippen LogP contribution in [0.4, 0.5) is 0 Å². The lowest BCUT2D eigenvalue weighted by Crippen LogP contribution is -2.53. The second-order valence-corrected chi connectivity index (χ2v) is 3.88. The third kappa shape index (κ3) is 2.10. The summed E-state index contributed by atoms with van der Waals surface area (Å²) in [7, 11) is 0. The number of rotatable bonds is 3. The smallest absolute Gasteiger partial charge is 0.333 e. The third-order valence-corrected chi connectivity index (χ3v) is 2.54. The normalized spacial score (nSPS) is 32.1. The summed E-state index contributed by atoms with van der Waals surface area (Å²) in [4.78, 5) is 11.1. The molecular weight excluding hydrogens is 168 g/mol. The molecule has 1 heterocycles. The molecule has 13 heavy (non-hydrogen) atoms. The number of carbonyl (C=O) groups is 1. The van der Waals surface area contributed by atoms with Crippen molar-refractivity contribution in [2.75, 3.05) is 13.2 Å². The van der Waals surface area contributed by atoms with E-state index in [1.54, 1.807) is 6.92 Å². The van der Waals surface area contributed by atoms with E-state index in [2.05, 4.69) is 13.5 Å². The fraction of sp³-hybridized carbons (Fsp3) is 0.700. The zero-order valence-corrected chi connectivity index (χ0v) is 8.42. The topological polar surface area (TPSA) is 35.5 Å². The predicted octanol–water partition coefficient (Wildman–Crippen LogP) is 1.53. The van der Waals surface area contributed by atoms with E-state index in [9.17, 15) is 4.79 Å². The molecule has 0 aromatic heterocycles. The summed E-state index contributed by atoms with van der Waals surface area (Å²) in [6.45, 7) is 10.2. The highest BCUT2D eigenvalue weighted by Gasteiger charge is 2.42. The molecule has 1 rings (SSSR count). The number of hydrogen-bond acceptors (Lipinski definition) is 3. The van der Waals surface area contributed by atoms with E-state index < -0.39 is 0 Å². The van der Waals surface area contributed by atoms with Gasteiger partial charge in [-0.2, -0.15) is 0 Å². The number of esters is 1. The second-order valence-electron chi connectivity index (χ2n) is 3.88. The van der Waals surface area contributed by atoms with E-state index in [0.717, 1.165) is 6.61 Å². The van der Waals surface area contributed by atoms with Crippen LogP contribution in [-0.2, 0) is 14.3 Å². The summed E-state index contributed by atoms with van der Waals surface area (Å²) >= 11 is 0. The van der Waals surface area contributed by atoms with Crippen LogP contribution >= 0.6 is 0 Å². The highest BCUT2D eigenvalue weighted by atomic mass is 16.6. The minimum atomic E-state index is -0.344. The highest BCUT2D eigenvalue weighted by molar-refractivity contribution is 5.86. The molecule has 1 aliphatic rings. The van der Waals surface area contributed by atoms with Gasteiger partial charge in [-0.05, 0) is 13.8 Å². The van der Waals surface area contributed by atoms with Gasteiger partial charge in [-0.1, -0.05) is 13.5 Å². The number of ether oxygens (including phenoxy) is 2. The van der Waals surface area contributed by atoms with Crippen molar-refractivity contribution in [3.63, 3.8) is 0 Å². The van der Waals surface area contributed by atoms with Gasteiger partial charge in [-0.3, -0.25) is 0 Å². The number of carbonyl (C=O) groups excluding carboxylic acids is 1. The fourth-order valence-electron chi connectivity index (χ4n) is 1.05. The zero-order valence-electron chi connectivity index (χ0n) is 8.42. The van der Waals surface area contributed by atoms with Gasteiger partial charge in [0.2, 0.25) is 0 Å². The molecule has 1 saturated heterocycles. The van der Waals surface area contributed by atoms with E-state index in [1.807, 2.05) is 6.92 Å². The summed E-state index contributed by atoms with van der Waals surface area (Å²) in [5.41, 5.74) is 0.140. The Morgan fingerprint density at radius 1 is 1.77 bits per heavy atom. The van der Waals surface area contributed by atoms with Crippen LogP contribution in [-0.4, -0.2) is 24.8 Å².